The molecule has 0 aliphatic carbocycles. The van der Waals surface area contributed by atoms with Gasteiger partial charge in [0.05, 0.1) is 13.2 Å². The molecule has 0 aliphatic rings. The Morgan fingerprint density at radius 2 is 1.94 bits per heavy atom. The number of hydrogen-bond acceptors (Lipinski definition) is 6. The SMILES string of the molecule is CC(C)C(N)C(=O)OCCCCO[N+](=O)[O-]. The van der Waals surface area contributed by atoms with E-state index in [1.807, 2.05) is 13.8 Å². The molecular weight excluding hydrogens is 216 g/mol. The molecule has 0 rings (SSSR count). The van der Waals surface area contributed by atoms with Gasteiger partial charge >= 0.3 is 5.97 Å². The molecule has 2 N–H and O–H groups in total. The van der Waals surface area contributed by atoms with Gasteiger partial charge in [-0.25, -0.2) is 0 Å². The smallest absolute Gasteiger partial charge is 0.323 e. The van der Waals surface area contributed by atoms with Gasteiger partial charge in [-0.15, -0.1) is 10.1 Å². The third-order valence-corrected chi connectivity index (χ3v) is 1.97. The van der Waals surface area contributed by atoms with E-state index >= 15 is 0 Å². The zero-order valence-corrected chi connectivity index (χ0v) is 9.55. The number of ether oxygens (including phenoxy) is 1. The van der Waals surface area contributed by atoms with E-state index in [-0.39, 0.29) is 19.1 Å². The Bertz CT molecular complexity index is 232. The molecule has 0 saturated heterocycles. The quantitative estimate of drug-likeness (QED) is 0.284. The van der Waals surface area contributed by atoms with Crippen molar-refractivity contribution in [1.82, 2.24) is 0 Å². The lowest BCUT2D eigenvalue weighted by molar-refractivity contribution is -0.757. The first-order chi connectivity index (χ1) is 7.45. The van der Waals surface area contributed by atoms with Crippen LogP contribution in [0.25, 0.3) is 0 Å². The number of esters is 1. The van der Waals surface area contributed by atoms with E-state index in [9.17, 15) is 14.9 Å². The van der Waals surface area contributed by atoms with E-state index in [2.05, 4.69) is 4.84 Å². The van der Waals surface area contributed by atoms with Gasteiger partial charge in [-0.3, -0.25) is 4.79 Å². The Morgan fingerprint density at radius 1 is 1.38 bits per heavy atom. The third kappa shape index (κ3) is 6.99. The summed E-state index contributed by atoms with van der Waals surface area (Å²) in [5.41, 5.74) is 5.55. The summed E-state index contributed by atoms with van der Waals surface area (Å²) >= 11 is 0. The van der Waals surface area contributed by atoms with Crippen molar-refractivity contribution in [2.45, 2.75) is 32.7 Å². The van der Waals surface area contributed by atoms with Gasteiger partial charge in [-0.05, 0) is 18.8 Å². The fraction of sp³-hybridized carbons (Fsp3) is 0.889. The third-order valence-electron chi connectivity index (χ3n) is 1.97. The Labute approximate surface area is 94.0 Å². The van der Waals surface area contributed by atoms with Crippen molar-refractivity contribution >= 4 is 5.97 Å². The molecule has 0 spiro atoms. The molecule has 16 heavy (non-hydrogen) atoms. The van der Waals surface area contributed by atoms with Gasteiger partial charge in [0.2, 0.25) is 0 Å². The first-order valence-electron chi connectivity index (χ1n) is 5.14. The summed E-state index contributed by atoms with van der Waals surface area (Å²) in [5, 5.41) is 8.94. The number of rotatable bonds is 8. The molecule has 0 aromatic rings. The fourth-order valence-electron chi connectivity index (χ4n) is 0.884. The highest BCUT2D eigenvalue weighted by molar-refractivity contribution is 5.75. The zero-order valence-electron chi connectivity index (χ0n) is 9.55. The van der Waals surface area contributed by atoms with Gasteiger partial charge < -0.3 is 15.3 Å². The zero-order chi connectivity index (χ0) is 12.6. The van der Waals surface area contributed by atoms with E-state index in [0.29, 0.717) is 12.8 Å². The van der Waals surface area contributed by atoms with Crippen LogP contribution in [0.1, 0.15) is 26.7 Å². The second-order valence-electron chi connectivity index (χ2n) is 3.70. The van der Waals surface area contributed by atoms with Crippen molar-refractivity contribution in [1.29, 1.82) is 0 Å². The largest absolute Gasteiger partial charge is 0.465 e. The van der Waals surface area contributed by atoms with Crippen molar-refractivity contribution in [3.63, 3.8) is 0 Å². The topological polar surface area (TPSA) is 105 Å². The maximum Gasteiger partial charge on any atom is 0.323 e. The molecule has 7 heteroatoms. The normalized spacial score (nSPS) is 12.2. The molecule has 0 radical (unpaired) electrons. The van der Waals surface area contributed by atoms with E-state index in [4.69, 9.17) is 10.5 Å². The van der Waals surface area contributed by atoms with Crippen molar-refractivity contribution in [2.24, 2.45) is 11.7 Å². The number of nitrogens with two attached hydrogens (primary N) is 1. The van der Waals surface area contributed by atoms with Gasteiger partial charge in [0.25, 0.3) is 5.09 Å². The molecule has 1 unspecified atom stereocenters. The second kappa shape index (κ2) is 7.86. The highest BCUT2D eigenvalue weighted by atomic mass is 16.9. The lowest BCUT2D eigenvalue weighted by Gasteiger charge is -2.14. The Morgan fingerprint density at radius 3 is 2.44 bits per heavy atom. The molecule has 0 amide bonds. The fourth-order valence-corrected chi connectivity index (χ4v) is 0.884. The lowest BCUT2D eigenvalue weighted by Crippen LogP contribution is -2.37. The van der Waals surface area contributed by atoms with Gasteiger partial charge in [0.15, 0.2) is 0 Å². The minimum Gasteiger partial charge on any atom is -0.465 e. The first kappa shape index (κ1) is 14.6. The van der Waals surface area contributed by atoms with Crippen LogP contribution in [0.5, 0.6) is 0 Å². The molecule has 0 heterocycles. The second-order valence-corrected chi connectivity index (χ2v) is 3.70. The monoisotopic (exact) mass is 234 g/mol. The van der Waals surface area contributed by atoms with Gasteiger partial charge in [0.1, 0.15) is 6.04 Å². The predicted molar refractivity (Wildman–Crippen MR) is 56.0 cm³/mol. The molecule has 0 bridgehead atoms. The minimum atomic E-state index is -0.847. The van der Waals surface area contributed by atoms with E-state index in [0.717, 1.165) is 0 Å². The van der Waals surface area contributed by atoms with Gasteiger partial charge in [-0.1, -0.05) is 13.8 Å². The van der Waals surface area contributed by atoms with Crippen LogP contribution in [0.15, 0.2) is 0 Å². The summed E-state index contributed by atoms with van der Waals surface area (Å²) in [4.78, 5) is 25.1. The number of carbonyl (C=O) groups is 1. The highest BCUT2D eigenvalue weighted by Gasteiger charge is 2.18. The number of unbranched alkanes of at least 4 members (excludes halogenated alkanes) is 1. The molecule has 0 aliphatic heterocycles. The van der Waals surface area contributed by atoms with Crippen LogP contribution in [0.2, 0.25) is 0 Å². The van der Waals surface area contributed by atoms with Crippen LogP contribution >= 0.6 is 0 Å². The first-order valence-corrected chi connectivity index (χ1v) is 5.14. The maximum atomic E-state index is 11.2. The minimum absolute atomic E-state index is 0.0147. The van der Waals surface area contributed by atoms with E-state index < -0.39 is 17.1 Å². The average Bonchev–Trinajstić information content (AvgIpc) is 2.21. The number of nitrogens with zero attached hydrogens (tertiary/aromatic N) is 1. The average molecular weight is 234 g/mol. The lowest BCUT2D eigenvalue weighted by atomic mass is 10.1. The Hall–Kier alpha value is -1.37. The summed E-state index contributed by atoms with van der Waals surface area (Å²) in [6.45, 7) is 3.88. The van der Waals surface area contributed by atoms with Crippen LogP contribution in [-0.2, 0) is 14.4 Å². The van der Waals surface area contributed by atoms with Crippen LogP contribution < -0.4 is 5.73 Å². The number of hydrogen-bond donors (Lipinski definition) is 1. The summed E-state index contributed by atoms with van der Waals surface area (Å²) in [7, 11) is 0. The maximum absolute atomic E-state index is 11.2. The molecule has 94 valence electrons. The number of carbonyl (C=O) groups excluding carboxylic acids is 1. The van der Waals surface area contributed by atoms with Crippen molar-refractivity contribution in [3.05, 3.63) is 10.1 Å². The van der Waals surface area contributed by atoms with Crippen molar-refractivity contribution < 1.29 is 19.5 Å². The molecule has 0 saturated carbocycles. The standard InChI is InChI=1S/C9H18N2O5/c1-7(2)8(10)9(12)15-5-3-4-6-16-11(13)14/h7-8H,3-6,10H2,1-2H3. The molecular formula is C9H18N2O5. The van der Waals surface area contributed by atoms with E-state index in [1.54, 1.807) is 0 Å². The summed E-state index contributed by atoms with van der Waals surface area (Å²) in [6.07, 6.45) is 0.982. The van der Waals surface area contributed by atoms with Crippen molar-refractivity contribution in [2.75, 3.05) is 13.2 Å². The van der Waals surface area contributed by atoms with E-state index in [1.165, 1.54) is 0 Å². The molecule has 7 nitrogen and oxygen atoms in total. The van der Waals surface area contributed by atoms with Crippen molar-refractivity contribution in [3.8, 4) is 0 Å². The van der Waals surface area contributed by atoms with Gasteiger partial charge in [0, 0.05) is 0 Å². The summed E-state index contributed by atoms with van der Waals surface area (Å²) < 4.78 is 4.88. The molecule has 0 aromatic carbocycles. The highest BCUT2D eigenvalue weighted by Crippen LogP contribution is 2.01. The Balaban J connectivity index is 3.45. The predicted octanol–water partition coefficient (Wildman–Crippen LogP) is 0.501. The molecule has 0 fully saturated rings. The Kier molecular flexibility index (Phi) is 7.19. The van der Waals surface area contributed by atoms with Crippen LogP contribution in [-0.4, -0.2) is 30.3 Å². The van der Waals surface area contributed by atoms with Gasteiger partial charge in [-0.2, -0.15) is 0 Å². The van der Waals surface area contributed by atoms with Crippen LogP contribution in [0, 0.1) is 16.0 Å². The summed E-state index contributed by atoms with van der Waals surface area (Å²) in [5.74, 6) is -0.407. The van der Waals surface area contributed by atoms with Crippen LogP contribution in [0.4, 0.5) is 0 Å². The molecule has 1 atom stereocenters. The summed E-state index contributed by atoms with van der Waals surface area (Å²) in [6, 6.07) is -0.616. The molecule has 0 aromatic heterocycles. The van der Waals surface area contributed by atoms with Crippen LogP contribution in [0.3, 0.4) is 0 Å².